The molecule has 0 spiro atoms. The summed E-state index contributed by atoms with van der Waals surface area (Å²) in [7, 11) is 0. The van der Waals surface area contributed by atoms with E-state index in [1.54, 1.807) is 0 Å². The normalized spacial score (nSPS) is 14.7. The van der Waals surface area contributed by atoms with Crippen molar-refractivity contribution in [3.8, 4) is 0 Å². The average molecular weight is 765 g/mol. The minimum Gasteiger partial charge on any atom is -0.445 e. The van der Waals surface area contributed by atoms with E-state index in [2.05, 4.69) is 21.3 Å². The van der Waals surface area contributed by atoms with Gasteiger partial charge in [0.2, 0.25) is 11.8 Å². The van der Waals surface area contributed by atoms with Gasteiger partial charge in [-0.1, -0.05) is 162 Å². The molecule has 11 heteroatoms. The van der Waals surface area contributed by atoms with Gasteiger partial charge in [0.1, 0.15) is 25.3 Å². The van der Waals surface area contributed by atoms with Crippen LogP contribution in [-0.4, -0.2) is 59.4 Å². The molecule has 2 unspecified atom stereocenters. The van der Waals surface area contributed by atoms with E-state index < -0.39 is 54.3 Å². The molecule has 0 bridgehead atoms. The van der Waals surface area contributed by atoms with E-state index in [-0.39, 0.29) is 37.9 Å². The Morgan fingerprint density at radius 2 is 0.804 bits per heavy atom. The van der Waals surface area contributed by atoms with E-state index in [0.717, 1.165) is 22.3 Å². The number of carbonyl (C=O) groups excluding carboxylic acids is 4. The fourth-order valence-corrected chi connectivity index (χ4v) is 6.26. The van der Waals surface area contributed by atoms with Crippen LogP contribution in [0.25, 0.3) is 0 Å². The SMILES string of the molecule is CC[C@H](C)[C@H](NC(=O)OCc1ccccc1)C(=O)NC(Cc1ccccc1)C(O)C(Cc1ccccc1)NC(=O)[C@@H](NC(=O)OCc1ccccc1)[C@@H](C)CC. The van der Waals surface area contributed by atoms with Gasteiger partial charge in [-0.15, -0.1) is 0 Å². The topological polar surface area (TPSA) is 155 Å². The van der Waals surface area contributed by atoms with Crippen molar-refractivity contribution in [2.24, 2.45) is 11.8 Å². The van der Waals surface area contributed by atoms with Crippen LogP contribution in [0, 0.1) is 11.8 Å². The zero-order valence-electron chi connectivity index (χ0n) is 32.7. The second-order valence-corrected chi connectivity index (χ2v) is 14.2. The molecule has 0 fully saturated rings. The number of aliphatic hydroxyl groups is 1. The van der Waals surface area contributed by atoms with Crippen LogP contribution in [0.2, 0.25) is 0 Å². The van der Waals surface area contributed by atoms with Crippen LogP contribution >= 0.6 is 0 Å². The number of amides is 4. The van der Waals surface area contributed by atoms with Crippen LogP contribution in [0.5, 0.6) is 0 Å². The van der Waals surface area contributed by atoms with Crippen molar-refractivity contribution >= 4 is 24.0 Å². The Kier molecular flexibility index (Phi) is 17.4. The number of hydrogen-bond donors (Lipinski definition) is 5. The third-order valence-electron chi connectivity index (χ3n) is 10.0. The van der Waals surface area contributed by atoms with Gasteiger partial charge in [-0.25, -0.2) is 9.59 Å². The zero-order valence-corrected chi connectivity index (χ0v) is 32.7. The molecule has 0 radical (unpaired) electrons. The van der Waals surface area contributed by atoms with Gasteiger partial charge < -0.3 is 35.8 Å². The first kappa shape index (κ1) is 43.1. The van der Waals surface area contributed by atoms with Gasteiger partial charge in [0.05, 0.1) is 18.2 Å². The summed E-state index contributed by atoms with van der Waals surface area (Å²) in [6, 6.07) is 33.5. The number of aliphatic hydroxyl groups excluding tert-OH is 1. The predicted octanol–water partition coefficient (Wildman–Crippen LogP) is 6.48. The first-order valence-corrected chi connectivity index (χ1v) is 19.4. The van der Waals surface area contributed by atoms with Crippen molar-refractivity contribution in [1.82, 2.24) is 21.3 Å². The number of carbonyl (C=O) groups is 4. The summed E-state index contributed by atoms with van der Waals surface area (Å²) in [6.07, 6.45) is -1.20. The van der Waals surface area contributed by atoms with Gasteiger partial charge in [0, 0.05) is 0 Å². The largest absolute Gasteiger partial charge is 0.445 e. The lowest BCUT2D eigenvalue weighted by Gasteiger charge is -2.34. The molecular formula is C45H56N4O7. The number of rotatable bonds is 20. The molecule has 0 saturated heterocycles. The third-order valence-corrected chi connectivity index (χ3v) is 10.0. The van der Waals surface area contributed by atoms with Crippen molar-refractivity contribution in [3.63, 3.8) is 0 Å². The average Bonchev–Trinajstić information content (AvgIpc) is 3.23. The van der Waals surface area contributed by atoms with Crippen LogP contribution in [0.15, 0.2) is 121 Å². The monoisotopic (exact) mass is 764 g/mol. The summed E-state index contributed by atoms with van der Waals surface area (Å²) in [5.41, 5.74) is 3.30. The van der Waals surface area contributed by atoms with Crippen LogP contribution < -0.4 is 21.3 Å². The van der Waals surface area contributed by atoms with E-state index in [9.17, 15) is 24.3 Å². The van der Waals surface area contributed by atoms with Gasteiger partial charge in [-0.3, -0.25) is 9.59 Å². The molecule has 4 rings (SSSR count). The quantitative estimate of drug-likeness (QED) is 0.0690. The summed E-state index contributed by atoms with van der Waals surface area (Å²) in [5.74, 6) is -1.56. The Bertz CT molecular complexity index is 1650. The molecule has 4 aromatic carbocycles. The van der Waals surface area contributed by atoms with Gasteiger partial charge in [0.25, 0.3) is 0 Å². The minimum absolute atomic E-state index is 0.0367. The van der Waals surface area contributed by atoms with Gasteiger partial charge in [-0.2, -0.15) is 0 Å². The Morgan fingerprint density at radius 1 is 0.500 bits per heavy atom. The van der Waals surface area contributed by atoms with Crippen LogP contribution in [0.3, 0.4) is 0 Å². The van der Waals surface area contributed by atoms with Crippen LogP contribution in [0.1, 0.15) is 62.8 Å². The van der Waals surface area contributed by atoms with Crippen molar-refractivity contribution in [2.75, 3.05) is 0 Å². The fraction of sp³-hybridized carbons (Fsp3) is 0.378. The molecule has 0 aliphatic rings. The zero-order chi connectivity index (χ0) is 40.3. The number of ether oxygens (including phenoxy) is 2. The molecule has 4 amide bonds. The summed E-state index contributed by atoms with van der Waals surface area (Å²) in [6.45, 7) is 7.63. The minimum atomic E-state index is -1.31. The molecule has 6 atom stereocenters. The maximum absolute atomic E-state index is 14.1. The highest BCUT2D eigenvalue weighted by molar-refractivity contribution is 5.87. The Hall–Kier alpha value is -5.68. The van der Waals surface area contributed by atoms with E-state index in [0.29, 0.717) is 12.8 Å². The van der Waals surface area contributed by atoms with Crippen molar-refractivity contribution in [2.45, 2.75) is 96.9 Å². The first-order valence-electron chi connectivity index (χ1n) is 19.4. The molecule has 0 aromatic heterocycles. The third kappa shape index (κ3) is 13.9. The van der Waals surface area contributed by atoms with Crippen LogP contribution in [-0.2, 0) is 45.1 Å². The highest BCUT2D eigenvalue weighted by Crippen LogP contribution is 2.17. The van der Waals surface area contributed by atoms with E-state index >= 15 is 0 Å². The van der Waals surface area contributed by atoms with Crippen molar-refractivity contribution in [1.29, 1.82) is 0 Å². The van der Waals surface area contributed by atoms with E-state index in [1.807, 2.05) is 149 Å². The number of nitrogens with one attached hydrogen (secondary N) is 4. The lowest BCUT2D eigenvalue weighted by molar-refractivity contribution is -0.127. The Labute approximate surface area is 330 Å². The summed E-state index contributed by atoms with van der Waals surface area (Å²) in [4.78, 5) is 54.2. The highest BCUT2D eigenvalue weighted by Gasteiger charge is 2.36. The lowest BCUT2D eigenvalue weighted by atomic mass is 9.90. The maximum atomic E-state index is 14.1. The van der Waals surface area contributed by atoms with Gasteiger partial charge in [0.15, 0.2) is 0 Å². The number of alkyl carbamates (subject to hydrolysis) is 2. The van der Waals surface area contributed by atoms with Crippen molar-refractivity contribution in [3.05, 3.63) is 144 Å². The summed E-state index contributed by atoms with van der Waals surface area (Å²) >= 11 is 0. The molecule has 4 aromatic rings. The molecule has 0 heterocycles. The summed E-state index contributed by atoms with van der Waals surface area (Å²) in [5, 5.41) is 23.8. The van der Waals surface area contributed by atoms with Gasteiger partial charge >= 0.3 is 12.2 Å². The molecule has 0 saturated carbocycles. The smallest absolute Gasteiger partial charge is 0.408 e. The second kappa shape index (κ2) is 22.6. The second-order valence-electron chi connectivity index (χ2n) is 14.2. The number of benzene rings is 4. The van der Waals surface area contributed by atoms with Crippen LogP contribution in [0.4, 0.5) is 9.59 Å². The first-order chi connectivity index (χ1) is 27.1. The maximum Gasteiger partial charge on any atom is 0.408 e. The lowest BCUT2D eigenvalue weighted by Crippen LogP contribution is -2.61. The standard InChI is InChI=1S/C45H56N4O7/c1-5-31(3)39(48-44(53)55-29-35-23-15-9-16-24-35)42(51)46-37(27-33-19-11-7-12-20-33)41(50)38(28-34-21-13-8-14-22-34)47-43(52)40(32(4)6-2)49-45(54)56-30-36-25-17-10-18-26-36/h7-26,31-32,37-41,50H,5-6,27-30H2,1-4H3,(H,46,51)(H,47,52)(H,48,53)(H,49,54)/t31-,32-,37?,38?,39-,40-,41?/m0/s1. The molecule has 11 nitrogen and oxygen atoms in total. The van der Waals surface area contributed by atoms with E-state index in [4.69, 9.17) is 9.47 Å². The summed E-state index contributed by atoms with van der Waals surface area (Å²) < 4.78 is 10.9. The van der Waals surface area contributed by atoms with Crippen molar-refractivity contribution < 1.29 is 33.8 Å². The Morgan fingerprint density at radius 3 is 1.11 bits per heavy atom. The van der Waals surface area contributed by atoms with E-state index in [1.165, 1.54) is 0 Å². The molecule has 5 N–H and O–H groups in total. The fourth-order valence-electron chi connectivity index (χ4n) is 6.26. The van der Waals surface area contributed by atoms with Gasteiger partial charge in [-0.05, 0) is 46.9 Å². The predicted molar refractivity (Wildman–Crippen MR) is 216 cm³/mol. The molecule has 0 aliphatic heterocycles. The molecule has 0 aliphatic carbocycles. The molecule has 298 valence electrons. The number of hydrogen-bond acceptors (Lipinski definition) is 7. The Balaban J connectivity index is 1.57. The molecule has 56 heavy (non-hydrogen) atoms. The molecular weight excluding hydrogens is 709 g/mol. The highest BCUT2D eigenvalue weighted by atomic mass is 16.6.